The largest absolute Gasteiger partial charge is 0.497 e. The molecule has 0 saturated carbocycles. The molecule has 0 unspecified atom stereocenters. The third kappa shape index (κ3) is 4.11. The van der Waals surface area contributed by atoms with E-state index in [1.165, 1.54) is 0 Å². The second-order valence-electron chi connectivity index (χ2n) is 7.19. The van der Waals surface area contributed by atoms with Gasteiger partial charge in [-0.05, 0) is 81.0 Å². The van der Waals surface area contributed by atoms with Crippen LogP contribution in [0.2, 0.25) is 0 Å². The van der Waals surface area contributed by atoms with Crippen molar-refractivity contribution in [1.82, 2.24) is 40.4 Å². The minimum atomic E-state index is 0.485. The smallest absolute Gasteiger partial charge is 0.190 e. The molecule has 0 spiro atoms. The van der Waals surface area contributed by atoms with Crippen molar-refractivity contribution < 1.29 is 9.47 Å². The van der Waals surface area contributed by atoms with E-state index in [-0.39, 0.29) is 0 Å². The number of hydrogen-bond acceptors (Lipinski definition) is 8. The Hall–Kier alpha value is -4.86. The predicted molar refractivity (Wildman–Crippen MR) is 125 cm³/mol. The van der Waals surface area contributed by atoms with Crippen molar-refractivity contribution in [1.29, 1.82) is 0 Å². The molecule has 0 aliphatic rings. The summed E-state index contributed by atoms with van der Waals surface area (Å²) in [6.45, 7) is 0. The van der Waals surface area contributed by atoms with Crippen molar-refractivity contribution in [2.45, 2.75) is 0 Å². The topological polar surface area (TPSA) is 106 Å². The van der Waals surface area contributed by atoms with Gasteiger partial charge in [-0.1, -0.05) is 30.3 Å². The summed E-state index contributed by atoms with van der Waals surface area (Å²) >= 11 is 0. The summed E-state index contributed by atoms with van der Waals surface area (Å²) < 4.78 is 13.8. The highest BCUT2D eigenvalue weighted by atomic mass is 16.5. The number of aromatic nitrogens is 8. The first-order valence-corrected chi connectivity index (χ1v) is 10.4. The van der Waals surface area contributed by atoms with E-state index in [1.54, 1.807) is 23.6 Å². The molecule has 5 aromatic rings. The van der Waals surface area contributed by atoms with Gasteiger partial charge >= 0.3 is 0 Å². The lowest BCUT2D eigenvalue weighted by Crippen LogP contribution is -2.09. The summed E-state index contributed by atoms with van der Waals surface area (Å²) in [5.74, 6) is 2.45. The normalized spacial score (nSPS) is 10.6. The lowest BCUT2D eigenvalue weighted by atomic mass is 10.1. The number of rotatable bonds is 7. The molecule has 168 valence electrons. The van der Waals surface area contributed by atoms with Crippen LogP contribution in [-0.2, 0) is 0 Å². The van der Waals surface area contributed by atoms with Crippen LogP contribution >= 0.6 is 0 Å². The molecule has 34 heavy (non-hydrogen) atoms. The van der Waals surface area contributed by atoms with Crippen molar-refractivity contribution in [2.75, 3.05) is 14.2 Å². The Morgan fingerprint density at radius 1 is 0.647 bits per heavy atom. The monoisotopic (exact) mass is 452 g/mol. The van der Waals surface area contributed by atoms with Crippen LogP contribution in [0.5, 0.6) is 11.5 Å². The van der Waals surface area contributed by atoms with Gasteiger partial charge in [0.15, 0.2) is 11.6 Å². The summed E-state index contributed by atoms with van der Waals surface area (Å²) in [5.41, 5.74) is 3.13. The van der Waals surface area contributed by atoms with Gasteiger partial charge in [0.2, 0.25) is 0 Å². The van der Waals surface area contributed by atoms with Gasteiger partial charge in [0.05, 0.1) is 31.2 Å². The Morgan fingerprint density at radius 2 is 1.12 bits per heavy atom. The second-order valence-corrected chi connectivity index (χ2v) is 7.19. The van der Waals surface area contributed by atoms with Gasteiger partial charge in [0.25, 0.3) is 0 Å². The average Bonchev–Trinajstić information content (AvgIpc) is 3.58. The number of benzene rings is 3. The molecule has 3 aromatic carbocycles. The van der Waals surface area contributed by atoms with E-state index in [4.69, 9.17) is 9.47 Å². The van der Waals surface area contributed by atoms with Crippen LogP contribution in [0.4, 0.5) is 0 Å². The highest BCUT2D eigenvalue weighted by molar-refractivity contribution is 5.87. The molecule has 2 heterocycles. The molecule has 0 N–H and O–H groups in total. The molecule has 10 heteroatoms. The Bertz CT molecular complexity index is 1320. The van der Waals surface area contributed by atoms with Gasteiger partial charge < -0.3 is 9.47 Å². The number of hydrogen-bond donors (Lipinski definition) is 0. The maximum absolute atomic E-state index is 5.27. The predicted octanol–water partition coefficient (Wildman–Crippen LogP) is 3.24. The average molecular weight is 452 g/mol. The van der Waals surface area contributed by atoms with Crippen LogP contribution in [0.3, 0.4) is 0 Å². The Morgan fingerprint density at radius 3 is 1.56 bits per heavy atom. The number of ether oxygens (including phenoxy) is 2. The second kappa shape index (κ2) is 9.33. The summed E-state index contributed by atoms with van der Waals surface area (Å²) in [7, 11) is 3.24. The summed E-state index contributed by atoms with van der Waals surface area (Å²) in [6, 6.07) is 24.8. The Kier molecular flexibility index (Phi) is 5.76. The highest BCUT2D eigenvalue weighted by Gasteiger charge is 2.22. The minimum absolute atomic E-state index is 0.485. The van der Waals surface area contributed by atoms with Crippen LogP contribution in [-0.4, -0.2) is 54.6 Å². The molecule has 0 saturated heterocycles. The van der Waals surface area contributed by atoms with Crippen molar-refractivity contribution in [2.24, 2.45) is 0 Å². The van der Waals surface area contributed by atoms with Gasteiger partial charge in [-0.15, -0.1) is 10.2 Å². The zero-order chi connectivity index (χ0) is 23.3. The SMILES string of the molecule is COc1ccc(-n2nnnc2C(=Cc2ccccc2)c2nnnn2-c2ccc(OC)cc2)cc1. The first kappa shape index (κ1) is 21.0. The van der Waals surface area contributed by atoms with Gasteiger partial charge in [-0.3, -0.25) is 0 Å². The molecular formula is C24H20N8O2. The van der Waals surface area contributed by atoms with E-state index in [1.807, 2.05) is 84.9 Å². The molecule has 0 radical (unpaired) electrons. The van der Waals surface area contributed by atoms with E-state index in [0.717, 1.165) is 28.4 Å². The van der Waals surface area contributed by atoms with E-state index in [9.17, 15) is 0 Å². The van der Waals surface area contributed by atoms with Crippen molar-refractivity contribution >= 4 is 11.6 Å². The number of tetrazole rings is 2. The Labute approximate surface area is 195 Å². The number of methoxy groups -OCH3 is 2. The minimum Gasteiger partial charge on any atom is -0.497 e. The lowest BCUT2D eigenvalue weighted by Gasteiger charge is -2.10. The van der Waals surface area contributed by atoms with Gasteiger partial charge in [-0.25, -0.2) is 0 Å². The Balaban J connectivity index is 1.66. The number of nitrogens with zero attached hydrogens (tertiary/aromatic N) is 8. The van der Waals surface area contributed by atoms with Crippen LogP contribution in [0, 0.1) is 0 Å². The lowest BCUT2D eigenvalue weighted by molar-refractivity contribution is 0.414. The molecule has 0 atom stereocenters. The summed E-state index contributed by atoms with van der Waals surface area (Å²) in [4.78, 5) is 0. The summed E-state index contributed by atoms with van der Waals surface area (Å²) in [6.07, 6.45) is 1.96. The van der Waals surface area contributed by atoms with E-state index >= 15 is 0 Å². The highest BCUT2D eigenvalue weighted by Crippen LogP contribution is 2.27. The van der Waals surface area contributed by atoms with Crippen LogP contribution < -0.4 is 9.47 Å². The van der Waals surface area contributed by atoms with Gasteiger partial charge in [0, 0.05) is 0 Å². The van der Waals surface area contributed by atoms with Crippen molar-refractivity contribution in [3.63, 3.8) is 0 Å². The van der Waals surface area contributed by atoms with Gasteiger partial charge in [-0.2, -0.15) is 9.36 Å². The van der Waals surface area contributed by atoms with E-state index in [2.05, 4.69) is 31.1 Å². The fourth-order valence-electron chi connectivity index (χ4n) is 3.45. The maximum atomic E-state index is 5.27. The molecular weight excluding hydrogens is 432 g/mol. The molecule has 10 nitrogen and oxygen atoms in total. The fourth-order valence-corrected chi connectivity index (χ4v) is 3.45. The molecule has 0 aliphatic heterocycles. The standard InChI is InChI=1S/C24H20N8O2/c1-33-20-12-8-18(9-13-20)31-23(25-27-29-31)22(16-17-6-4-3-5-7-17)24-26-28-30-32(24)19-10-14-21(34-2)15-11-19/h3-16H,1-2H3. The molecule has 0 aliphatic carbocycles. The van der Waals surface area contributed by atoms with Crippen LogP contribution in [0.25, 0.3) is 23.0 Å². The maximum Gasteiger partial charge on any atom is 0.190 e. The molecule has 5 rings (SSSR count). The molecule has 2 aromatic heterocycles. The third-order valence-electron chi connectivity index (χ3n) is 5.17. The van der Waals surface area contributed by atoms with Crippen LogP contribution in [0.15, 0.2) is 78.9 Å². The van der Waals surface area contributed by atoms with Crippen molar-refractivity contribution in [3.05, 3.63) is 96.1 Å². The first-order valence-electron chi connectivity index (χ1n) is 10.4. The van der Waals surface area contributed by atoms with Gasteiger partial charge in [0.1, 0.15) is 11.5 Å². The first-order chi connectivity index (χ1) is 16.8. The van der Waals surface area contributed by atoms with Crippen molar-refractivity contribution in [3.8, 4) is 22.9 Å². The third-order valence-corrected chi connectivity index (χ3v) is 5.17. The fraction of sp³-hybridized carbons (Fsp3) is 0.0833. The summed E-state index contributed by atoms with van der Waals surface area (Å²) in [5, 5.41) is 25.0. The zero-order valence-electron chi connectivity index (χ0n) is 18.5. The molecule has 0 amide bonds. The quantitative estimate of drug-likeness (QED) is 0.371. The van der Waals surface area contributed by atoms with E-state index < -0.39 is 0 Å². The molecule has 0 bridgehead atoms. The van der Waals surface area contributed by atoms with Crippen LogP contribution in [0.1, 0.15) is 17.2 Å². The van der Waals surface area contributed by atoms with E-state index in [0.29, 0.717) is 17.2 Å². The molecule has 0 fully saturated rings. The zero-order valence-corrected chi connectivity index (χ0v) is 18.5.